The maximum Gasteiger partial charge on any atom is 0.256 e. The average Bonchev–Trinajstić information content (AvgIpc) is 3.25. The van der Waals surface area contributed by atoms with Gasteiger partial charge in [-0.3, -0.25) is 9.59 Å². The molecule has 4 rings (SSSR count). The molecule has 1 aromatic carbocycles. The zero-order chi connectivity index (χ0) is 18.1. The van der Waals surface area contributed by atoms with Crippen molar-refractivity contribution < 1.29 is 9.59 Å². The number of hydrogen-bond acceptors (Lipinski definition) is 4. The highest BCUT2D eigenvalue weighted by atomic mass is 16.2. The minimum Gasteiger partial charge on any atom is -0.327 e. The summed E-state index contributed by atoms with van der Waals surface area (Å²) in [5, 5.41) is 5.66. The number of anilines is 2. The molecule has 0 aliphatic heterocycles. The molecule has 134 valence electrons. The number of benzene rings is 1. The molecule has 0 radical (unpaired) electrons. The maximum absolute atomic E-state index is 12.6. The monoisotopic (exact) mass is 350 g/mol. The van der Waals surface area contributed by atoms with Crippen LogP contribution in [0.1, 0.15) is 29.6 Å². The standard InChI is InChI=1S/C20H22N4O2/c21-18-14-7-6-13(10-14)17(18)20(26)23-15-8-9-16(22-11-15)24-19(25)12-4-2-1-3-5-12/h1-5,8-9,11,13-14,17-18H,6-7,10,21H2,(H,23,26)(H,22,24,25). The second kappa shape index (κ2) is 6.88. The summed E-state index contributed by atoms with van der Waals surface area (Å²) < 4.78 is 0. The number of carbonyl (C=O) groups is 2. The van der Waals surface area contributed by atoms with Crippen LogP contribution >= 0.6 is 0 Å². The van der Waals surface area contributed by atoms with E-state index >= 15 is 0 Å². The molecule has 2 bridgehead atoms. The summed E-state index contributed by atoms with van der Waals surface area (Å²) in [7, 11) is 0. The van der Waals surface area contributed by atoms with Crippen LogP contribution in [0.5, 0.6) is 0 Å². The van der Waals surface area contributed by atoms with Crippen LogP contribution in [0.3, 0.4) is 0 Å². The lowest BCUT2D eigenvalue weighted by atomic mass is 9.84. The Morgan fingerprint density at radius 1 is 1.00 bits per heavy atom. The second-order valence-corrected chi connectivity index (χ2v) is 7.18. The van der Waals surface area contributed by atoms with Crippen LogP contribution in [0.4, 0.5) is 11.5 Å². The van der Waals surface area contributed by atoms with Gasteiger partial charge < -0.3 is 16.4 Å². The van der Waals surface area contributed by atoms with Gasteiger partial charge in [-0.05, 0) is 55.4 Å². The smallest absolute Gasteiger partial charge is 0.256 e. The first kappa shape index (κ1) is 16.7. The van der Waals surface area contributed by atoms with E-state index in [4.69, 9.17) is 5.73 Å². The Balaban J connectivity index is 1.37. The molecule has 2 saturated carbocycles. The first-order chi connectivity index (χ1) is 12.6. The molecule has 1 aromatic heterocycles. The van der Waals surface area contributed by atoms with Crippen molar-refractivity contribution >= 4 is 23.3 Å². The Morgan fingerprint density at radius 2 is 1.77 bits per heavy atom. The highest BCUT2D eigenvalue weighted by Crippen LogP contribution is 2.47. The van der Waals surface area contributed by atoms with Crippen LogP contribution in [0.25, 0.3) is 0 Å². The highest BCUT2D eigenvalue weighted by molar-refractivity contribution is 6.03. The van der Waals surface area contributed by atoms with E-state index in [1.54, 1.807) is 42.6 Å². The minimum absolute atomic E-state index is 0.0208. The highest BCUT2D eigenvalue weighted by Gasteiger charge is 2.49. The SMILES string of the molecule is NC1C2CCC(C2)C1C(=O)Nc1ccc(NC(=O)c2ccccc2)nc1. The molecule has 2 aliphatic rings. The summed E-state index contributed by atoms with van der Waals surface area (Å²) in [5.41, 5.74) is 7.41. The van der Waals surface area contributed by atoms with Gasteiger partial charge in [0, 0.05) is 11.6 Å². The van der Waals surface area contributed by atoms with Gasteiger partial charge in [0.2, 0.25) is 5.91 Å². The van der Waals surface area contributed by atoms with E-state index in [0.717, 1.165) is 19.3 Å². The van der Waals surface area contributed by atoms with Crippen molar-refractivity contribution in [2.75, 3.05) is 10.6 Å². The maximum atomic E-state index is 12.6. The molecule has 2 fully saturated rings. The van der Waals surface area contributed by atoms with Crippen molar-refractivity contribution in [2.24, 2.45) is 23.5 Å². The van der Waals surface area contributed by atoms with Gasteiger partial charge in [0.05, 0.1) is 17.8 Å². The van der Waals surface area contributed by atoms with Gasteiger partial charge in [0.15, 0.2) is 0 Å². The van der Waals surface area contributed by atoms with Gasteiger partial charge in [-0.2, -0.15) is 0 Å². The van der Waals surface area contributed by atoms with E-state index in [-0.39, 0.29) is 23.8 Å². The van der Waals surface area contributed by atoms with Crippen molar-refractivity contribution in [2.45, 2.75) is 25.3 Å². The number of pyridine rings is 1. The number of aromatic nitrogens is 1. The average molecular weight is 350 g/mol. The molecule has 26 heavy (non-hydrogen) atoms. The Hall–Kier alpha value is -2.73. The van der Waals surface area contributed by atoms with Crippen LogP contribution in [0.15, 0.2) is 48.7 Å². The molecule has 6 heteroatoms. The molecular weight excluding hydrogens is 328 g/mol. The zero-order valence-electron chi connectivity index (χ0n) is 14.4. The Kier molecular flexibility index (Phi) is 4.42. The van der Waals surface area contributed by atoms with Crippen LogP contribution < -0.4 is 16.4 Å². The third-order valence-electron chi connectivity index (χ3n) is 5.59. The largest absolute Gasteiger partial charge is 0.327 e. The van der Waals surface area contributed by atoms with Gasteiger partial charge in [-0.15, -0.1) is 0 Å². The summed E-state index contributed by atoms with van der Waals surface area (Å²) in [4.78, 5) is 28.9. The molecule has 0 spiro atoms. The fourth-order valence-electron chi connectivity index (χ4n) is 4.27. The van der Waals surface area contributed by atoms with Crippen LogP contribution in [-0.2, 0) is 4.79 Å². The molecule has 6 nitrogen and oxygen atoms in total. The third-order valence-corrected chi connectivity index (χ3v) is 5.59. The fourth-order valence-corrected chi connectivity index (χ4v) is 4.27. The summed E-state index contributed by atoms with van der Waals surface area (Å²) >= 11 is 0. The molecule has 4 atom stereocenters. The van der Waals surface area contributed by atoms with Crippen LogP contribution in [-0.4, -0.2) is 22.8 Å². The Labute approximate surface area is 152 Å². The summed E-state index contributed by atoms with van der Waals surface area (Å²) in [6.07, 6.45) is 4.87. The van der Waals surface area contributed by atoms with Gasteiger partial charge in [-0.25, -0.2) is 4.98 Å². The zero-order valence-corrected chi connectivity index (χ0v) is 14.4. The van der Waals surface area contributed by atoms with Crippen molar-refractivity contribution in [1.29, 1.82) is 0 Å². The summed E-state index contributed by atoms with van der Waals surface area (Å²) in [6, 6.07) is 12.3. The van der Waals surface area contributed by atoms with Crippen molar-refractivity contribution in [3.63, 3.8) is 0 Å². The van der Waals surface area contributed by atoms with Crippen LogP contribution in [0, 0.1) is 17.8 Å². The predicted molar refractivity (Wildman–Crippen MR) is 99.6 cm³/mol. The first-order valence-corrected chi connectivity index (χ1v) is 9.01. The quantitative estimate of drug-likeness (QED) is 0.790. The van der Waals surface area contributed by atoms with Gasteiger partial charge >= 0.3 is 0 Å². The third kappa shape index (κ3) is 3.20. The van der Waals surface area contributed by atoms with Gasteiger partial charge in [0.1, 0.15) is 5.82 Å². The second-order valence-electron chi connectivity index (χ2n) is 7.18. The number of nitrogens with one attached hydrogen (secondary N) is 2. The van der Waals surface area contributed by atoms with Gasteiger partial charge in [-0.1, -0.05) is 18.2 Å². The van der Waals surface area contributed by atoms with Crippen molar-refractivity contribution in [1.82, 2.24) is 4.98 Å². The van der Waals surface area contributed by atoms with Crippen molar-refractivity contribution in [3.8, 4) is 0 Å². The summed E-state index contributed by atoms with van der Waals surface area (Å²) in [5.74, 6) is 0.993. The number of hydrogen-bond donors (Lipinski definition) is 3. The van der Waals surface area contributed by atoms with E-state index < -0.39 is 0 Å². The lowest BCUT2D eigenvalue weighted by Gasteiger charge is -2.26. The van der Waals surface area contributed by atoms with Crippen LogP contribution in [0.2, 0.25) is 0 Å². The van der Waals surface area contributed by atoms with Gasteiger partial charge in [0.25, 0.3) is 5.91 Å². The Bertz CT molecular complexity index is 804. The molecule has 2 amide bonds. The molecular formula is C20H22N4O2. The first-order valence-electron chi connectivity index (χ1n) is 9.01. The van der Waals surface area contributed by atoms with E-state index in [2.05, 4.69) is 15.6 Å². The number of nitrogens with two attached hydrogens (primary N) is 1. The van der Waals surface area contributed by atoms with E-state index in [1.165, 1.54) is 0 Å². The molecule has 2 aliphatic carbocycles. The number of rotatable bonds is 4. The van der Waals surface area contributed by atoms with E-state index in [1.807, 2.05) is 6.07 Å². The number of carbonyl (C=O) groups excluding carboxylic acids is 2. The topological polar surface area (TPSA) is 97.1 Å². The predicted octanol–water partition coefficient (Wildman–Crippen LogP) is 2.65. The Morgan fingerprint density at radius 3 is 2.42 bits per heavy atom. The summed E-state index contributed by atoms with van der Waals surface area (Å²) in [6.45, 7) is 0. The fraction of sp³-hybridized carbons (Fsp3) is 0.350. The van der Waals surface area contributed by atoms with Crippen molar-refractivity contribution in [3.05, 3.63) is 54.2 Å². The minimum atomic E-state index is -0.220. The molecule has 1 heterocycles. The number of nitrogens with zero attached hydrogens (tertiary/aromatic N) is 1. The molecule has 2 aromatic rings. The number of fused-ring (bicyclic) bond motifs is 2. The normalized spacial score (nSPS) is 26.5. The van der Waals surface area contributed by atoms with E-state index in [0.29, 0.717) is 28.9 Å². The molecule has 0 saturated heterocycles. The molecule has 4 unspecified atom stereocenters. The molecule has 4 N–H and O–H groups in total. The number of amides is 2. The lowest BCUT2D eigenvalue weighted by Crippen LogP contribution is -2.42. The lowest BCUT2D eigenvalue weighted by molar-refractivity contribution is -0.121. The van der Waals surface area contributed by atoms with E-state index in [9.17, 15) is 9.59 Å².